The number of piperidine rings is 1. The molecule has 3 aliphatic rings. The third-order valence-corrected chi connectivity index (χ3v) is 7.91. The molecule has 1 amide bonds. The number of amides is 1. The molecule has 0 radical (unpaired) electrons. The Kier molecular flexibility index (Phi) is 5.95. The Hall–Kier alpha value is -2.37. The van der Waals surface area contributed by atoms with E-state index < -0.39 is 0 Å². The van der Waals surface area contributed by atoms with E-state index >= 15 is 0 Å². The minimum absolute atomic E-state index is 0.141. The molecule has 2 saturated heterocycles. The van der Waals surface area contributed by atoms with Crippen LogP contribution >= 0.6 is 0 Å². The van der Waals surface area contributed by atoms with E-state index in [0.717, 1.165) is 57.8 Å². The van der Waals surface area contributed by atoms with Crippen LogP contribution in [0.2, 0.25) is 0 Å². The Bertz CT molecular complexity index is 926. The van der Waals surface area contributed by atoms with Gasteiger partial charge < -0.3 is 19.8 Å². The summed E-state index contributed by atoms with van der Waals surface area (Å²) in [6, 6.07) is 18.8. The van der Waals surface area contributed by atoms with E-state index in [0.29, 0.717) is 0 Å². The average molecular weight is 434 g/mol. The minimum Gasteiger partial charge on any atom is -0.391 e. The Morgan fingerprint density at radius 2 is 1.62 bits per heavy atom. The zero-order chi connectivity index (χ0) is 22.1. The molecule has 32 heavy (non-hydrogen) atoms. The van der Waals surface area contributed by atoms with Crippen molar-refractivity contribution in [3.63, 3.8) is 0 Å². The quantitative estimate of drug-likeness (QED) is 0.756. The molecule has 2 heterocycles. The van der Waals surface area contributed by atoms with E-state index in [-0.39, 0.29) is 23.5 Å². The van der Waals surface area contributed by atoms with E-state index in [2.05, 4.69) is 58.3 Å². The third kappa shape index (κ3) is 4.28. The van der Waals surface area contributed by atoms with Gasteiger partial charge in [0.05, 0.1) is 6.10 Å². The fraction of sp³-hybridized carbons (Fsp3) is 0.519. The lowest BCUT2D eigenvalue weighted by Gasteiger charge is -2.41. The summed E-state index contributed by atoms with van der Waals surface area (Å²) in [5, 5.41) is 10.4. The summed E-state index contributed by atoms with van der Waals surface area (Å²) in [6.45, 7) is 7.33. The molecule has 2 aromatic carbocycles. The fourth-order valence-corrected chi connectivity index (χ4v) is 5.49. The lowest BCUT2D eigenvalue weighted by molar-refractivity contribution is -0.134. The molecule has 2 aromatic rings. The Morgan fingerprint density at radius 1 is 0.906 bits per heavy atom. The average Bonchev–Trinajstić information content (AvgIpc) is 3.61. The van der Waals surface area contributed by atoms with Crippen molar-refractivity contribution in [2.24, 2.45) is 5.41 Å². The van der Waals surface area contributed by atoms with Crippen LogP contribution in [-0.4, -0.2) is 72.2 Å². The minimum atomic E-state index is -0.158. The summed E-state index contributed by atoms with van der Waals surface area (Å²) in [6.07, 6.45) is 4.35. The van der Waals surface area contributed by atoms with Gasteiger partial charge in [-0.15, -0.1) is 0 Å². The number of aliphatic hydroxyl groups is 1. The monoisotopic (exact) mass is 433 g/mol. The Morgan fingerprint density at radius 3 is 2.31 bits per heavy atom. The molecule has 5 nitrogen and oxygen atoms in total. The van der Waals surface area contributed by atoms with E-state index in [1.807, 2.05) is 17.9 Å². The number of carbonyl (C=O) groups excluding carboxylic acids is 1. The molecule has 1 N–H and O–H groups in total. The highest BCUT2D eigenvalue weighted by Gasteiger charge is 2.51. The molecule has 1 spiro atoms. The predicted octanol–water partition coefficient (Wildman–Crippen LogP) is 3.63. The normalized spacial score (nSPS) is 25.4. The van der Waals surface area contributed by atoms with E-state index in [1.54, 1.807) is 0 Å². The van der Waals surface area contributed by atoms with Crippen LogP contribution in [0.15, 0.2) is 54.6 Å². The first-order valence-electron chi connectivity index (χ1n) is 12.2. The SMILES string of the molecule is CC1C(=O)N(CCCN2CCC3(CC3)C(O)C2)CCN1c1ccc(-c2ccccc2)cc1. The zero-order valence-corrected chi connectivity index (χ0v) is 19.1. The summed E-state index contributed by atoms with van der Waals surface area (Å²) in [7, 11) is 0. The molecule has 5 rings (SSSR count). The second-order valence-electron chi connectivity index (χ2n) is 9.89. The highest BCUT2D eigenvalue weighted by Crippen LogP contribution is 2.53. The largest absolute Gasteiger partial charge is 0.391 e. The highest BCUT2D eigenvalue weighted by molar-refractivity contribution is 5.86. The van der Waals surface area contributed by atoms with Crippen LogP contribution in [0.25, 0.3) is 11.1 Å². The Labute approximate surface area is 191 Å². The van der Waals surface area contributed by atoms with Crippen molar-refractivity contribution < 1.29 is 9.90 Å². The first-order chi connectivity index (χ1) is 15.6. The molecule has 170 valence electrons. The first-order valence-corrected chi connectivity index (χ1v) is 12.2. The van der Waals surface area contributed by atoms with E-state index in [9.17, 15) is 9.90 Å². The van der Waals surface area contributed by atoms with Gasteiger partial charge in [0.25, 0.3) is 0 Å². The zero-order valence-electron chi connectivity index (χ0n) is 19.1. The third-order valence-electron chi connectivity index (χ3n) is 7.91. The number of benzene rings is 2. The Balaban J connectivity index is 1.12. The van der Waals surface area contributed by atoms with Gasteiger partial charge in [-0.3, -0.25) is 4.79 Å². The first kappa shape index (κ1) is 21.5. The maximum absolute atomic E-state index is 13.1. The summed E-state index contributed by atoms with van der Waals surface area (Å²) in [5.74, 6) is 0.221. The van der Waals surface area contributed by atoms with Gasteiger partial charge in [0.15, 0.2) is 0 Å². The summed E-state index contributed by atoms with van der Waals surface area (Å²) >= 11 is 0. The molecular weight excluding hydrogens is 398 g/mol. The van der Waals surface area contributed by atoms with Crippen LogP contribution in [0.4, 0.5) is 5.69 Å². The summed E-state index contributed by atoms with van der Waals surface area (Å²) in [5.41, 5.74) is 3.78. The van der Waals surface area contributed by atoms with Crippen molar-refractivity contribution >= 4 is 11.6 Å². The van der Waals surface area contributed by atoms with Gasteiger partial charge in [-0.25, -0.2) is 0 Å². The number of likely N-dealkylation sites (tertiary alicyclic amines) is 1. The van der Waals surface area contributed by atoms with Crippen LogP contribution in [0, 0.1) is 5.41 Å². The van der Waals surface area contributed by atoms with Gasteiger partial charge in [-0.2, -0.15) is 0 Å². The molecule has 5 heteroatoms. The summed E-state index contributed by atoms with van der Waals surface area (Å²) in [4.78, 5) is 19.7. The molecule has 1 aliphatic carbocycles. The van der Waals surface area contributed by atoms with Gasteiger partial charge >= 0.3 is 0 Å². The second kappa shape index (κ2) is 8.87. The lowest BCUT2D eigenvalue weighted by Crippen LogP contribution is -2.56. The second-order valence-corrected chi connectivity index (χ2v) is 9.89. The van der Waals surface area contributed by atoms with Gasteiger partial charge in [-0.1, -0.05) is 42.5 Å². The standard InChI is InChI=1S/C27H35N3O2/c1-21-26(32)29(16-5-15-28-17-14-27(12-13-27)25(31)20-28)18-19-30(21)24-10-8-23(9-11-24)22-6-3-2-4-7-22/h2-4,6-11,21,25,31H,5,12-20H2,1H3. The molecule has 0 aromatic heterocycles. The molecule has 0 bridgehead atoms. The van der Waals surface area contributed by atoms with Crippen molar-refractivity contribution in [1.29, 1.82) is 0 Å². The number of rotatable bonds is 6. The smallest absolute Gasteiger partial charge is 0.245 e. The van der Waals surface area contributed by atoms with Gasteiger partial charge in [-0.05, 0) is 74.4 Å². The fourth-order valence-electron chi connectivity index (χ4n) is 5.49. The van der Waals surface area contributed by atoms with Crippen molar-refractivity contribution in [2.45, 2.75) is 44.8 Å². The maximum Gasteiger partial charge on any atom is 0.245 e. The van der Waals surface area contributed by atoms with Crippen LogP contribution < -0.4 is 4.90 Å². The van der Waals surface area contributed by atoms with Crippen molar-refractivity contribution in [2.75, 3.05) is 44.2 Å². The van der Waals surface area contributed by atoms with E-state index in [1.165, 1.54) is 24.0 Å². The number of β-amino-alcohol motifs (C(OH)–C–C–N with tert-alkyl or cyclic N) is 1. The lowest BCUT2D eigenvalue weighted by atomic mass is 9.90. The number of hydrogen-bond donors (Lipinski definition) is 1. The van der Waals surface area contributed by atoms with E-state index in [4.69, 9.17) is 0 Å². The molecule has 2 unspecified atom stereocenters. The number of aliphatic hydroxyl groups excluding tert-OH is 1. The van der Waals surface area contributed by atoms with Gasteiger partial charge in [0.1, 0.15) is 6.04 Å². The topological polar surface area (TPSA) is 47.0 Å². The van der Waals surface area contributed by atoms with Crippen molar-refractivity contribution in [3.05, 3.63) is 54.6 Å². The molecule has 3 fully saturated rings. The van der Waals surface area contributed by atoms with Gasteiger partial charge in [0, 0.05) is 31.9 Å². The predicted molar refractivity (Wildman–Crippen MR) is 129 cm³/mol. The summed E-state index contributed by atoms with van der Waals surface area (Å²) < 4.78 is 0. The number of anilines is 1. The maximum atomic E-state index is 13.1. The number of hydrogen-bond acceptors (Lipinski definition) is 4. The number of piperazine rings is 1. The van der Waals surface area contributed by atoms with Crippen molar-refractivity contribution in [1.82, 2.24) is 9.80 Å². The van der Waals surface area contributed by atoms with Crippen molar-refractivity contribution in [3.8, 4) is 11.1 Å². The highest BCUT2D eigenvalue weighted by atomic mass is 16.3. The molecule has 1 saturated carbocycles. The van der Waals surface area contributed by atoms with Crippen LogP contribution in [0.3, 0.4) is 0 Å². The molecular formula is C27H35N3O2. The van der Waals surface area contributed by atoms with Crippen LogP contribution in [0.5, 0.6) is 0 Å². The molecule has 2 atom stereocenters. The molecule has 2 aliphatic heterocycles. The number of carbonyl (C=O) groups is 1. The number of nitrogens with zero attached hydrogens (tertiary/aromatic N) is 3. The van der Waals surface area contributed by atoms with Gasteiger partial charge in [0.2, 0.25) is 5.91 Å². The van der Waals surface area contributed by atoms with Crippen LogP contribution in [-0.2, 0) is 4.79 Å². The van der Waals surface area contributed by atoms with Crippen LogP contribution in [0.1, 0.15) is 32.6 Å².